The number of nitrogens with zero attached hydrogens (tertiary/aromatic N) is 2. The molecule has 1 saturated heterocycles. The lowest BCUT2D eigenvalue weighted by atomic mass is 10.3. The van der Waals surface area contributed by atoms with Gasteiger partial charge in [-0.2, -0.15) is 0 Å². The van der Waals surface area contributed by atoms with E-state index < -0.39 is 0 Å². The highest BCUT2D eigenvalue weighted by molar-refractivity contribution is 9.18. The zero-order valence-corrected chi connectivity index (χ0v) is 8.50. The molecule has 0 N–H and O–H groups in total. The van der Waals surface area contributed by atoms with Crippen LogP contribution in [0.25, 0.3) is 0 Å². The second kappa shape index (κ2) is 3.89. The van der Waals surface area contributed by atoms with E-state index >= 15 is 0 Å². The summed E-state index contributed by atoms with van der Waals surface area (Å²) in [7, 11) is 0. The van der Waals surface area contributed by atoms with Gasteiger partial charge in [0.2, 0.25) is 5.91 Å². The number of amides is 2. The standard InChI is InChI=1S/C7H11BrN2O2/c1-6(11)9-2-4-10(5-3-9)7(8)12/h2-5H2,1H3. The van der Waals surface area contributed by atoms with E-state index in [4.69, 9.17) is 0 Å². The van der Waals surface area contributed by atoms with Crippen molar-refractivity contribution in [3.8, 4) is 0 Å². The molecule has 12 heavy (non-hydrogen) atoms. The summed E-state index contributed by atoms with van der Waals surface area (Å²) >= 11 is 2.88. The number of hydrogen-bond donors (Lipinski definition) is 0. The van der Waals surface area contributed by atoms with E-state index in [1.54, 1.807) is 16.7 Å². The van der Waals surface area contributed by atoms with E-state index in [9.17, 15) is 9.59 Å². The summed E-state index contributed by atoms with van der Waals surface area (Å²) in [6, 6.07) is 0. The molecule has 0 aromatic rings. The van der Waals surface area contributed by atoms with Crippen LogP contribution in [0.4, 0.5) is 4.79 Å². The molecule has 0 atom stereocenters. The van der Waals surface area contributed by atoms with E-state index in [-0.39, 0.29) is 10.7 Å². The fourth-order valence-electron chi connectivity index (χ4n) is 1.20. The number of rotatable bonds is 0. The number of carbonyl (C=O) groups excluding carboxylic acids is 2. The predicted octanol–water partition coefficient (Wildman–Crippen LogP) is 0.665. The molecule has 1 rings (SSSR count). The van der Waals surface area contributed by atoms with Gasteiger partial charge in [-0.3, -0.25) is 9.59 Å². The molecular formula is C7H11BrN2O2. The Hall–Kier alpha value is -0.580. The average molecular weight is 235 g/mol. The molecule has 1 aliphatic rings. The third-order valence-electron chi connectivity index (χ3n) is 1.97. The summed E-state index contributed by atoms with van der Waals surface area (Å²) in [5.41, 5.74) is 0. The molecule has 0 saturated carbocycles. The highest BCUT2D eigenvalue weighted by atomic mass is 79.9. The van der Waals surface area contributed by atoms with Gasteiger partial charge in [0.1, 0.15) is 0 Å². The fourth-order valence-corrected chi connectivity index (χ4v) is 1.55. The minimum atomic E-state index is -0.0919. The Balaban J connectivity index is 2.39. The van der Waals surface area contributed by atoms with Crippen LogP contribution in [0, 0.1) is 0 Å². The summed E-state index contributed by atoms with van der Waals surface area (Å²) < 4.78 is 0. The Bertz CT molecular complexity index is 178. The smallest absolute Gasteiger partial charge is 0.289 e. The summed E-state index contributed by atoms with van der Waals surface area (Å²) in [6.07, 6.45) is 0. The van der Waals surface area contributed by atoms with Gasteiger partial charge in [-0.15, -0.1) is 0 Å². The van der Waals surface area contributed by atoms with Gasteiger partial charge in [-0.25, -0.2) is 0 Å². The molecule has 2 amide bonds. The molecule has 0 radical (unpaired) electrons. The van der Waals surface area contributed by atoms with Crippen molar-refractivity contribution in [3.63, 3.8) is 0 Å². The van der Waals surface area contributed by atoms with Crippen LogP contribution in [0.3, 0.4) is 0 Å². The fraction of sp³-hybridized carbons (Fsp3) is 0.714. The van der Waals surface area contributed by atoms with E-state index in [2.05, 4.69) is 15.9 Å². The van der Waals surface area contributed by atoms with Crippen molar-refractivity contribution >= 4 is 26.7 Å². The molecule has 5 heteroatoms. The van der Waals surface area contributed by atoms with Crippen LogP contribution in [-0.2, 0) is 4.79 Å². The molecular weight excluding hydrogens is 224 g/mol. The van der Waals surface area contributed by atoms with E-state index in [1.807, 2.05) is 0 Å². The molecule has 0 aromatic carbocycles. The zero-order valence-electron chi connectivity index (χ0n) is 6.92. The summed E-state index contributed by atoms with van der Waals surface area (Å²) in [6.45, 7) is 4.10. The molecule has 1 aliphatic heterocycles. The van der Waals surface area contributed by atoms with Gasteiger partial charge in [0.15, 0.2) is 0 Å². The molecule has 4 nitrogen and oxygen atoms in total. The van der Waals surface area contributed by atoms with Crippen molar-refractivity contribution in [3.05, 3.63) is 0 Å². The minimum Gasteiger partial charge on any atom is -0.339 e. The third kappa shape index (κ3) is 2.20. The van der Waals surface area contributed by atoms with Crippen LogP contribution in [0.2, 0.25) is 0 Å². The summed E-state index contributed by atoms with van der Waals surface area (Å²) in [5, 5.41) is 0. The molecule has 1 fully saturated rings. The van der Waals surface area contributed by atoms with Crippen molar-refractivity contribution in [2.45, 2.75) is 6.92 Å². The van der Waals surface area contributed by atoms with E-state index in [0.717, 1.165) is 0 Å². The first-order valence-corrected chi connectivity index (χ1v) is 4.60. The van der Waals surface area contributed by atoms with Crippen molar-refractivity contribution < 1.29 is 9.59 Å². The lowest BCUT2D eigenvalue weighted by Crippen LogP contribution is -2.48. The van der Waals surface area contributed by atoms with Gasteiger partial charge in [0.25, 0.3) is 4.82 Å². The van der Waals surface area contributed by atoms with Crippen molar-refractivity contribution in [1.82, 2.24) is 9.80 Å². The normalized spacial score (nSPS) is 17.8. The average Bonchev–Trinajstić information content (AvgIpc) is 2.04. The lowest BCUT2D eigenvalue weighted by molar-refractivity contribution is -0.130. The largest absolute Gasteiger partial charge is 0.339 e. The second-order valence-electron chi connectivity index (χ2n) is 2.75. The van der Waals surface area contributed by atoms with Crippen molar-refractivity contribution in [1.29, 1.82) is 0 Å². The molecule has 68 valence electrons. The predicted molar refractivity (Wildman–Crippen MR) is 48.2 cm³/mol. The Morgan fingerprint density at radius 3 is 1.83 bits per heavy atom. The molecule has 0 aromatic heterocycles. The van der Waals surface area contributed by atoms with Crippen LogP contribution in [-0.4, -0.2) is 46.7 Å². The van der Waals surface area contributed by atoms with Crippen LogP contribution >= 0.6 is 15.9 Å². The van der Waals surface area contributed by atoms with Crippen LogP contribution in [0.15, 0.2) is 0 Å². The quantitative estimate of drug-likeness (QED) is 0.457. The Kier molecular flexibility index (Phi) is 3.08. The molecule has 0 unspecified atom stereocenters. The molecule has 0 spiro atoms. The highest BCUT2D eigenvalue weighted by Gasteiger charge is 2.20. The molecule has 0 aliphatic carbocycles. The number of piperazine rings is 1. The number of halogens is 1. The van der Waals surface area contributed by atoms with Gasteiger partial charge in [0.05, 0.1) is 0 Å². The first-order valence-electron chi connectivity index (χ1n) is 3.81. The SMILES string of the molecule is CC(=O)N1CCN(C(=O)Br)CC1. The topological polar surface area (TPSA) is 40.6 Å². The van der Waals surface area contributed by atoms with Crippen molar-refractivity contribution in [2.75, 3.05) is 26.2 Å². The minimum absolute atomic E-state index is 0.0803. The highest BCUT2D eigenvalue weighted by Crippen LogP contribution is 2.05. The zero-order chi connectivity index (χ0) is 9.14. The van der Waals surface area contributed by atoms with E-state index in [0.29, 0.717) is 26.2 Å². The van der Waals surface area contributed by atoms with Gasteiger partial charge >= 0.3 is 0 Å². The summed E-state index contributed by atoms with van der Waals surface area (Å²) in [4.78, 5) is 25.0. The van der Waals surface area contributed by atoms with Gasteiger partial charge in [-0.1, -0.05) is 0 Å². The third-order valence-corrected chi connectivity index (χ3v) is 2.48. The van der Waals surface area contributed by atoms with Gasteiger partial charge in [-0.05, 0) is 0 Å². The van der Waals surface area contributed by atoms with Crippen LogP contribution in [0.5, 0.6) is 0 Å². The maximum Gasteiger partial charge on any atom is 0.289 e. The lowest BCUT2D eigenvalue weighted by Gasteiger charge is -2.32. The van der Waals surface area contributed by atoms with Gasteiger partial charge in [0, 0.05) is 49.0 Å². The number of carbonyl (C=O) groups is 2. The first kappa shape index (κ1) is 9.51. The van der Waals surface area contributed by atoms with E-state index in [1.165, 1.54) is 0 Å². The first-order chi connectivity index (χ1) is 5.61. The van der Waals surface area contributed by atoms with Crippen LogP contribution < -0.4 is 0 Å². The van der Waals surface area contributed by atoms with Crippen molar-refractivity contribution in [2.24, 2.45) is 0 Å². The Labute approximate surface area is 79.6 Å². The maximum absolute atomic E-state index is 10.9. The van der Waals surface area contributed by atoms with Crippen LogP contribution in [0.1, 0.15) is 6.92 Å². The Morgan fingerprint density at radius 2 is 1.50 bits per heavy atom. The molecule has 1 heterocycles. The second-order valence-corrected chi connectivity index (χ2v) is 3.42. The molecule has 0 bridgehead atoms. The Morgan fingerprint density at radius 1 is 1.08 bits per heavy atom. The number of hydrogen-bond acceptors (Lipinski definition) is 2. The maximum atomic E-state index is 10.9. The van der Waals surface area contributed by atoms with Gasteiger partial charge < -0.3 is 9.80 Å². The monoisotopic (exact) mass is 234 g/mol. The summed E-state index contributed by atoms with van der Waals surface area (Å²) in [5.74, 6) is 0.0803.